The fraction of sp³-hybridized carbons (Fsp3) is 0. The first-order valence-corrected chi connectivity index (χ1v) is 17.7. The monoisotopic (exact) mass is 624 g/mol. The lowest BCUT2D eigenvalue weighted by Crippen LogP contribution is -1.87. The van der Waals surface area contributed by atoms with Crippen LogP contribution in [-0.2, 0) is 0 Å². The van der Waals surface area contributed by atoms with Crippen molar-refractivity contribution >= 4 is 118 Å². The second kappa shape index (κ2) is 8.03. The summed E-state index contributed by atoms with van der Waals surface area (Å²) in [6, 6.07) is 56.0. The van der Waals surface area contributed by atoms with Gasteiger partial charge in [-0.2, -0.15) is 0 Å². The molecule has 0 saturated heterocycles. The van der Waals surface area contributed by atoms with Gasteiger partial charge in [-0.15, -0.1) is 0 Å². The molecule has 0 bridgehead atoms. The van der Waals surface area contributed by atoms with E-state index in [-0.39, 0.29) is 0 Å². The van der Waals surface area contributed by atoms with Gasteiger partial charge in [0.2, 0.25) is 0 Å². The van der Waals surface area contributed by atoms with Crippen LogP contribution in [0.5, 0.6) is 0 Å². The van der Waals surface area contributed by atoms with Gasteiger partial charge in [-0.05, 0) is 177 Å². The molecule has 0 heteroatoms. The maximum Gasteiger partial charge on any atom is -0.00139 e. The van der Waals surface area contributed by atoms with Crippen molar-refractivity contribution < 1.29 is 0 Å². The topological polar surface area (TPSA) is 0 Å². The first-order chi connectivity index (χ1) is 24.8. The fourth-order valence-electron chi connectivity index (χ4n) is 10.5. The summed E-state index contributed by atoms with van der Waals surface area (Å²) in [6.45, 7) is 0. The molecule has 14 rings (SSSR count). The Morgan fingerprint density at radius 3 is 1.00 bits per heavy atom. The zero-order chi connectivity index (χ0) is 32.0. The summed E-state index contributed by atoms with van der Waals surface area (Å²) >= 11 is 0. The molecule has 0 nitrogen and oxygen atoms in total. The Morgan fingerprint density at radius 1 is 0.180 bits per heavy atom. The van der Waals surface area contributed by atoms with Crippen LogP contribution in [0.3, 0.4) is 0 Å². The first kappa shape index (κ1) is 24.6. The molecule has 0 saturated carbocycles. The predicted molar refractivity (Wildman–Crippen MR) is 217 cm³/mol. The summed E-state index contributed by atoms with van der Waals surface area (Å²) < 4.78 is 0. The van der Waals surface area contributed by atoms with Crippen LogP contribution in [0.4, 0.5) is 0 Å². The molecule has 13 aromatic rings. The van der Waals surface area contributed by atoms with Gasteiger partial charge in [-0.25, -0.2) is 0 Å². The summed E-state index contributed by atoms with van der Waals surface area (Å²) in [5.41, 5.74) is 5.44. The number of fused-ring (bicyclic) bond motifs is 13. The molecule has 0 aromatic heterocycles. The predicted octanol–water partition coefficient (Wildman–Crippen LogP) is 14.3. The van der Waals surface area contributed by atoms with Gasteiger partial charge in [-0.3, -0.25) is 0 Å². The highest BCUT2D eigenvalue weighted by Gasteiger charge is 2.26. The van der Waals surface area contributed by atoms with Crippen LogP contribution in [0, 0.1) is 0 Å². The van der Waals surface area contributed by atoms with Gasteiger partial charge in [0.25, 0.3) is 0 Å². The van der Waals surface area contributed by atoms with E-state index in [4.69, 9.17) is 0 Å². The summed E-state index contributed by atoms with van der Waals surface area (Å²) in [5, 5.41) is 29.9. The lowest BCUT2D eigenvalue weighted by atomic mass is 9.87. The van der Waals surface area contributed by atoms with Crippen molar-refractivity contribution in [2.45, 2.75) is 0 Å². The average molecular weight is 625 g/mol. The molecule has 0 unspecified atom stereocenters. The first-order valence-electron chi connectivity index (χ1n) is 17.7. The maximum absolute atomic E-state index is 2.46. The molecular formula is C50H24. The van der Waals surface area contributed by atoms with Gasteiger partial charge in [0.1, 0.15) is 0 Å². The van der Waals surface area contributed by atoms with Gasteiger partial charge in [-0.1, -0.05) is 109 Å². The molecule has 50 heavy (non-hydrogen) atoms. The minimum Gasteiger partial charge on any atom is -0.0616 e. The average Bonchev–Trinajstić information content (AvgIpc) is 3.77. The van der Waals surface area contributed by atoms with Crippen LogP contribution in [0.25, 0.3) is 141 Å². The van der Waals surface area contributed by atoms with Crippen LogP contribution >= 0.6 is 0 Å². The van der Waals surface area contributed by atoms with Crippen LogP contribution in [0.15, 0.2) is 146 Å². The minimum atomic E-state index is 1.30. The molecule has 13 aromatic carbocycles. The van der Waals surface area contributed by atoms with Crippen molar-refractivity contribution in [3.63, 3.8) is 0 Å². The Morgan fingerprint density at radius 2 is 0.540 bits per heavy atom. The highest BCUT2D eigenvalue weighted by molar-refractivity contribution is 6.44. The van der Waals surface area contributed by atoms with Gasteiger partial charge in [0.05, 0.1) is 0 Å². The fourth-order valence-corrected chi connectivity index (χ4v) is 10.5. The molecule has 224 valence electrons. The Kier molecular flexibility index (Phi) is 3.95. The van der Waals surface area contributed by atoms with E-state index in [1.807, 2.05) is 0 Å². The lowest BCUT2D eigenvalue weighted by Gasteiger charge is -2.16. The van der Waals surface area contributed by atoms with E-state index < -0.39 is 0 Å². The Bertz CT molecular complexity index is 3460. The van der Waals surface area contributed by atoms with Crippen molar-refractivity contribution in [2.24, 2.45) is 0 Å². The minimum absolute atomic E-state index is 1.30. The zero-order valence-electron chi connectivity index (χ0n) is 26.9. The largest absolute Gasteiger partial charge is 0.0616 e. The van der Waals surface area contributed by atoms with Crippen molar-refractivity contribution in [1.82, 2.24) is 0 Å². The van der Waals surface area contributed by atoms with E-state index >= 15 is 0 Å². The van der Waals surface area contributed by atoms with Gasteiger partial charge in [0, 0.05) is 0 Å². The SMILES string of the molecule is c1ccc2cc3c(cc2c1)-c1ccc2c4ccc5c6cc7cc8c(cc7cc6c6ccc(c7ccc-3c1c27)c4c56)c1cccc2cccc8c21. The molecule has 1 aliphatic rings. The van der Waals surface area contributed by atoms with Gasteiger partial charge < -0.3 is 0 Å². The van der Waals surface area contributed by atoms with Crippen molar-refractivity contribution in [1.29, 1.82) is 0 Å². The number of hydrogen-bond acceptors (Lipinski definition) is 0. The molecule has 1 aliphatic carbocycles. The normalized spacial score (nSPS) is 13.2. The quantitative estimate of drug-likeness (QED) is 0.116. The van der Waals surface area contributed by atoms with E-state index in [9.17, 15) is 0 Å². The molecule has 0 atom stereocenters. The van der Waals surface area contributed by atoms with E-state index in [0.717, 1.165) is 0 Å². The molecule has 0 amide bonds. The Hall–Kier alpha value is -6.50. The number of hydrogen-bond donors (Lipinski definition) is 0. The summed E-state index contributed by atoms with van der Waals surface area (Å²) in [6.07, 6.45) is 0. The van der Waals surface area contributed by atoms with Crippen molar-refractivity contribution in [2.75, 3.05) is 0 Å². The molecule has 0 N–H and O–H groups in total. The second-order valence-corrected chi connectivity index (χ2v) is 14.7. The summed E-state index contributed by atoms with van der Waals surface area (Å²) in [7, 11) is 0. The molecule has 0 fully saturated rings. The van der Waals surface area contributed by atoms with Crippen LogP contribution in [0.2, 0.25) is 0 Å². The number of rotatable bonds is 0. The zero-order valence-corrected chi connectivity index (χ0v) is 26.9. The second-order valence-electron chi connectivity index (χ2n) is 14.7. The Balaban J connectivity index is 1.10. The number of benzene rings is 11. The smallest absolute Gasteiger partial charge is 0.00139 e. The molecule has 0 heterocycles. The standard InChI is InChI=1S/C50H24/c1-2-6-27-20-41-37-16-12-33-35-14-18-39-45-24-29-22-43-31-10-4-8-25-7-3-9-30(46(25)31)42(43)21-28(29)23-44(45)38-17-13-34(48(35)50(38)39)32-11-15-36(49(37)47(32)33)40(41)19-26(27)5-1/h1-24H. The molecule has 0 aliphatic heterocycles. The van der Waals surface area contributed by atoms with E-state index in [1.165, 1.54) is 141 Å². The van der Waals surface area contributed by atoms with E-state index in [0.29, 0.717) is 0 Å². The van der Waals surface area contributed by atoms with E-state index in [1.54, 1.807) is 0 Å². The van der Waals surface area contributed by atoms with Gasteiger partial charge in [0.15, 0.2) is 0 Å². The maximum atomic E-state index is 2.46. The third kappa shape index (κ3) is 2.64. The summed E-state index contributed by atoms with van der Waals surface area (Å²) in [5.74, 6) is 0. The lowest BCUT2D eigenvalue weighted by molar-refractivity contribution is 1.73. The van der Waals surface area contributed by atoms with Crippen molar-refractivity contribution in [3.05, 3.63) is 146 Å². The molecular weight excluding hydrogens is 601 g/mol. The summed E-state index contributed by atoms with van der Waals surface area (Å²) in [4.78, 5) is 0. The van der Waals surface area contributed by atoms with Gasteiger partial charge >= 0.3 is 0 Å². The Labute approximate surface area is 285 Å². The van der Waals surface area contributed by atoms with Crippen molar-refractivity contribution in [3.8, 4) is 22.3 Å². The highest BCUT2D eigenvalue weighted by atomic mass is 14.3. The van der Waals surface area contributed by atoms with E-state index in [2.05, 4.69) is 146 Å². The third-order valence-electron chi connectivity index (χ3n) is 12.5. The third-order valence-corrected chi connectivity index (χ3v) is 12.5. The van der Waals surface area contributed by atoms with Crippen LogP contribution in [0.1, 0.15) is 0 Å². The molecule has 0 spiro atoms. The van der Waals surface area contributed by atoms with Crippen LogP contribution < -0.4 is 0 Å². The molecule has 0 radical (unpaired) electrons. The highest BCUT2D eigenvalue weighted by Crippen LogP contribution is 2.54. The van der Waals surface area contributed by atoms with Crippen LogP contribution in [-0.4, -0.2) is 0 Å².